The van der Waals surface area contributed by atoms with E-state index in [1.807, 2.05) is 0 Å². The van der Waals surface area contributed by atoms with Crippen molar-refractivity contribution in [3.05, 3.63) is 67.8 Å². The molecule has 0 heterocycles. The quantitative estimate of drug-likeness (QED) is 0.650. The normalized spacial score (nSPS) is 11.1. The van der Waals surface area contributed by atoms with Crippen LogP contribution in [-0.4, -0.2) is 18.3 Å². The van der Waals surface area contributed by atoms with Gasteiger partial charge in [-0.2, -0.15) is 0 Å². The Bertz CT molecular complexity index is 940. The number of nitrogens with one attached hydrogen (secondary N) is 1. The SMILES string of the molecule is Cc1ccc(NS(=O)(=O)c2ccc(C)c([N+](=O)[O-])c2)c([N+](=O)[O-])c1. The summed E-state index contributed by atoms with van der Waals surface area (Å²) in [4.78, 5) is 20.3. The summed E-state index contributed by atoms with van der Waals surface area (Å²) in [5.74, 6) is 0. The van der Waals surface area contributed by atoms with Crippen molar-refractivity contribution in [3.63, 3.8) is 0 Å². The zero-order chi connectivity index (χ0) is 18.1. The van der Waals surface area contributed by atoms with Crippen molar-refractivity contribution in [1.82, 2.24) is 0 Å². The lowest BCUT2D eigenvalue weighted by Crippen LogP contribution is -2.14. The van der Waals surface area contributed by atoms with Crippen LogP contribution in [0.2, 0.25) is 0 Å². The zero-order valence-corrected chi connectivity index (χ0v) is 13.5. The Morgan fingerprint density at radius 3 is 2.12 bits per heavy atom. The average molecular weight is 351 g/mol. The van der Waals surface area contributed by atoms with Gasteiger partial charge >= 0.3 is 0 Å². The van der Waals surface area contributed by atoms with Crippen molar-refractivity contribution >= 4 is 27.1 Å². The van der Waals surface area contributed by atoms with Crippen LogP contribution in [0, 0.1) is 34.1 Å². The molecule has 126 valence electrons. The van der Waals surface area contributed by atoms with E-state index < -0.39 is 25.6 Å². The second-order valence-electron chi connectivity index (χ2n) is 5.09. The number of aryl methyl sites for hydroxylation is 2. The summed E-state index contributed by atoms with van der Waals surface area (Å²) in [6.07, 6.45) is 0. The van der Waals surface area contributed by atoms with Crippen molar-refractivity contribution in [2.75, 3.05) is 4.72 Å². The van der Waals surface area contributed by atoms with Crippen LogP contribution < -0.4 is 4.72 Å². The standard InChI is InChI=1S/C14H13N3O6S/c1-9-3-6-12(14(7-9)17(20)21)15-24(22,23)11-5-4-10(2)13(8-11)16(18)19/h3-8,15H,1-2H3. The minimum Gasteiger partial charge on any atom is -0.273 e. The van der Waals surface area contributed by atoms with Gasteiger partial charge < -0.3 is 0 Å². The maximum atomic E-state index is 12.4. The number of anilines is 1. The molecule has 9 nitrogen and oxygen atoms in total. The third-order valence-corrected chi connectivity index (χ3v) is 4.65. The van der Waals surface area contributed by atoms with Crippen LogP contribution >= 0.6 is 0 Å². The van der Waals surface area contributed by atoms with Crippen LogP contribution in [0.3, 0.4) is 0 Å². The molecule has 10 heteroatoms. The van der Waals surface area contributed by atoms with E-state index in [4.69, 9.17) is 0 Å². The van der Waals surface area contributed by atoms with E-state index in [1.54, 1.807) is 6.92 Å². The fourth-order valence-electron chi connectivity index (χ4n) is 2.04. The van der Waals surface area contributed by atoms with Crippen molar-refractivity contribution in [1.29, 1.82) is 0 Å². The van der Waals surface area contributed by atoms with Gasteiger partial charge in [-0.1, -0.05) is 12.1 Å². The van der Waals surface area contributed by atoms with Crippen LogP contribution in [0.25, 0.3) is 0 Å². The van der Waals surface area contributed by atoms with E-state index in [0.717, 1.165) is 6.07 Å². The number of sulfonamides is 1. The summed E-state index contributed by atoms with van der Waals surface area (Å²) in [5.41, 5.74) is -0.0683. The van der Waals surface area contributed by atoms with Crippen LogP contribution in [0.15, 0.2) is 41.3 Å². The third kappa shape index (κ3) is 3.49. The maximum absolute atomic E-state index is 12.4. The summed E-state index contributed by atoms with van der Waals surface area (Å²) >= 11 is 0. The Morgan fingerprint density at radius 2 is 1.54 bits per heavy atom. The first-order valence-electron chi connectivity index (χ1n) is 6.65. The monoisotopic (exact) mass is 351 g/mol. The van der Waals surface area contributed by atoms with Gasteiger partial charge in [-0.25, -0.2) is 8.42 Å². The molecule has 0 aliphatic rings. The maximum Gasteiger partial charge on any atom is 0.293 e. The Labute approximate surface area is 137 Å². The molecule has 0 unspecified atom stereocenters. The zero-order valence-electron chi connectivity index (χ0n) is 12.7. The number of nitro benzene ring substituents is 2. The second kappa shape index (κ2) is 6.24. The lowest BCUT2D eigenvalue weighted by Gasteiger charge is -2.09. The van der Waals surface area contributed by atoms with Gasteiger partial charge in [0.1, 0.15) is 5.69 Å². The highest BCUT2D eigenvalue weighted by Crippen LogP contribution is 2.29. The van der Waals surface area contributed by atoms with Crippen molar-refractivity contribution in [3.8, 4) is 0 Å². The molecule has 0 atom stereocenters. The molecular formula is C14H13N3O6S. The minimum absolute atomic E-state index is 0.214. The summed E-state index contributed by atoms with van der Waals surface area (Å²) < 4.78 is 26.9. The molecule has 24 heavy (non-hydrogen) atoms. The summed E-state index contributed by atoms with van der Waals surface area (Å²) in [6.45, 7) is 3.11. The molecular weight excluding hydrogens is 338 g/mol. The number of rotatable bonds is 5. The number of nitrogens with zero attached hydrogens (tertiary/aromatic N) is 2. The van der Waals surface area contributed by atoms with Gasteiger partial charge in [0.2, 0.25) is 0 Å². The Balaban J connectivity index is 2.49. The van der Waals surface area contributed by atoms with Crippen molar-refractivity contribution in [2.45, 2.75) is 18.7 Å². The molecule has 0 radical (unpaired) electrons. The predicted molar refractivity (Wildman–Crippen MR) is 86.5 cm³/mol. The van der Waals surface area contributed by atoms with Gasteiger partial charge in [-0.15, -0.1) is 0 Å². The largest absolute Gasteiger partial charge is 0.293 e. The molecule has 1 N–H and O–H groups in total. The molecule has 0 saturated heterocycles. The molecule has 0 aliphatic carbocycles. The van der Waals surface area contributed by atoms with Crippen molar-refractivity contribution in [2.24, 2.45) is 0 Å². The topological polar surface area (TPSA) is 132 Å². The molecule has 0 spiro atoms. The number of hydrogen-bond donors (Lipinski definition) is 1. The Kier molecular flexibility index (Phi) is 4.51. The van der Waals surface area contributed by atoms with Gasteiger partial charge in [0.15, 0.2) is 0 Å². The molecule has 0 bridgehead atoms. The summed E-state index contributed by atoms with van der Waals surface area (Å²) in [7, 11) is -4.21. The van der Waals surface area contributed by atoms with Gasteiger partial charge in [-0.3, -0.25) is 25.0 Å². The fraction of sp³-hybridized carbons (Fsp3) is 0.143. The number of hydrogen-bond acceptors (Lipinski definition) is 6. The first-order valence-corrected chi connectivity index (χ1v) is 8.13. The molecule has 0 saturated carbocycles. The fourth-order valence-corrected chi connectivity index (χ4v) is 3.13. The van der Waals surface area contributed by atoms with Crippen LogP contribution in [0.5, 0.6) is 0 Å². The van der Waals surface area contributed by atoms with Crippen LogP contribution in [-0.2, 0) is 10.0 Å². The van der Waals surface area contributed by atoms with E-state index in [-0.39, 0.29) is 16.3 Å². The second-order valence-corrected chi connectivity index (χ2v) is 6.77. The van der Waals surface area contributed by atoms with Crippen LogP contribution in [0.1, 0.15) is 11.1 Å². The van der Waals surface area contributed by atoms with Gasteiger partial charge in [-0.05, 0) is 31.5 Å². The van der Waals surface area contributed by atoms with Gasteiger partial charge in [0.05, 0.1) is 14.7 Å². The highest BCUT2D eigenvalue weighted by atomic mass is 32.2. The first-order chi connectivity index (χ1) is 11.1. The highest BCUT2D eigenvalue weighted by Gasteiger charge is 2.23. The molecule has 2 rings (SSSR count). The molecule has 0 amide bonds. The highest BCUT2D eigenvalue weighted by molar-refractivity contribution is 7.92. The van der Waals surface area contributed by atoms with Crippen LogP contribution in [0.4, 0.5) is 17.1 Å². The Morgan fingerprint density at radius 1 is 0.917 bits per heavy atom. The number of benzene rings is 2. The summed E-state index contributed by atoms with van der Waals surface area (Å²) in [5, 5.41) is 22.0. The molecule has 0 fully saturated rings. The minimum atomic E-state index is -4.21. The molecule has 0 aromatic heterocycles. The Hall–Kier alpha value is -3.01. The first kappa shape index (κ1) is 17.3. The van der Waals surface area contributed by atoms with Crippen molar-refractivity contribution < 1.29 is 18.3 Å². The smallest absolute Gasteiger partial charge is 0.273 e. The van der Waals surface area contributed by atoms with E-state index in [0.29, 0.717) is 11.1 Å². The third-order valence-electron chi connectivity index (χ3n) is 3.28. The lowest BCUT2D eigenvalue weighted by atomic mass is 10.2. The molecule has 2 aromatic carbocycles. The van der Waals surface area contributed by atoms with E-state index >= 15 is 0 Å². The lowest BCUT2D eigenvalue weighted by molar-refractivity contribution is -0.385. The van der Waals surface area contributed by atoms with Gasteiger partial charge in [0.25, 0.3) is 21.4 Å². The summed E-state index contributed by atoms with van der Waals surface area (Å²) in [6, 6.07) is 7.43. The average Bonchev–Trinajstić information content (AvgIpc) is 2.48. The van der Waals surface area contributed by atoms with E-state index in [1.165, 1.54) is 37.3 Å². The molecule has 2 aromatic rings. The molecule has 0 aliphatic heterocycles. The number of nitro groups is 2. The van der Waals surface area contributed by atoms with E-state index in [9.17, 15) is 28.6 Å². The predicted octanol–water partition coefficient (Wildman–Crippen LogP) is 2.92. The van der Waals surface area contributed by atoms with Gasteiger partial charge in [0, 0.05) is 17.7 Å². The van der Waals surface area contributed by atoms with E-state index in [2.05, 4.69) is 4.72 Å².